The third-order valence-corrected chi connectivity index (χ3v) is 4.35. The largest absolute Gasteiger partial charge is 0.359 e. The molecule has 0 aliphatic rings. The van der Waals surface area contributed by atoms with Gasteiger partial charge >= 0.3 is 0 Å². The van der Waals surface area contributed by atoms with E-state index in [1.54, 1.807) is 0 Å². The Morgan fingerprint density at radius 2 is 1.24 bits per heavy atom. The number of thiocarbonyl (C=S) groups is 1. The number of hydrogen-bond acceptors (Lipinski definition) is 1. The summed E-state index contributed by atoms with van der Waals surface area (Å²) in [6, 6.07) is 31.3. The van der Waals surface area contributed by atoms with E-state index in [1.807, 2.05) is 30.3 Å². The highest BCUT2D eigenvalue weighted by Gasteiger charge is 2.13. The molecule has 2 nitrogen and oxygen atoms in total. The van der Waals surface area contributed by atoms with Crippen molar-refractivity contribution in [2.24, 2.45) is 0 Å². The van der Waals surface area contributed by atoms with Crippen LogP contribution in [0, 0.1) is 0 Å². The molecule has 0 saturated carbocycles. The molecule has 0 aromatic heterocycles. The van der Waals surface area contributed by atoms with Gasteiger partial charge in [-0.05, 0) is 35.3 Å². The monoisotopic (exact) mass is 346 g/mol. The van der Waals surface area contributed by atoms with Crippen molar-refractivity contribution in [1.82, 2.24) is 10.6 Å². The number of benzene rings is 3. The van der Waals surface area contributed by atoms with Crippen molar-refractivity contribution >= 4 is 17.3 Å². The van der Waals surface area contributed by atoms with Crippen LogP contribution >= 0.6 is 12.2 Å². The van der Waals surface area contributed by atoms with Gasteiger partial charge < -0.3 is 10.6 Å². The Bertz CT molecular complexity index is 773. The van der Waals surface area contributed by atoms with E-state index in [0.29, 0.717) is 5.11 Å². The zero-order valence-electron chi connectivity index (χ0n) is 14.1. The first kappa shape index (κ1) is 17.2. The Labute approximate surface area is 154 Å². The van der Waals surface area contributed by atoms with Gasteiger partial charge in [-0.2, -0.15) is 0 Å². The maximum atomic E-state index is 5.52. The average molecular weight is 346 g/mol. The molecule has 3 heteroatoms. The summed E-state index contributed by atoms with van der Waals surface area (Å²) in [5.41, 5.74) is 3.73. The minimum Gasteiger partial charge on any atom is -0.359 e. The maximum absolute atomic E-state index is 5.52. The Morgan fingerprint density at radius 1 is 0.720 bits per heavy atom. The van der Waals surface area contributed by atoms with Crippen LogP contribution in [-0.2, 0) is 13.0 Å². The molecule has 1 atom stereocenters. The lowest BCUT2D eigenvalue weighted by molar-refractivity contribution is 0.633. The van der Waals surface area contributed by atoms with Crippen molar-refractivity contribution in [3.8, 4) is 0 Å². The summed E-state index contributed by atoms with van der Waals surface area (Å²) >= 11 is 5.52. The fourth-order valence-corrected chi connectivity index (χ4v) is 2.99. The van der Waals surface area contributed by atoms with E-state index in [9.17, 15) is 0 Å². The van der Waals surface area contributed by atoms with Crippen LogP contribution in [0.4, 0.5) is 0 Å². The van der Waals surface area contributed by atoms with Crippen molar-refractivity contribution < 1.29 is 0 Å². The van der Waals surface area contributed by atoms with Crippen LogP contribution in [0.5, 0.6) is 0 Å². The van der Waals surface area contributed by atoms with Crippen LogP contribution < -0.4 is 10.6 Å². The van der Waals surface area contributed by atoms with Gasteiger partial charge in [-0.1, -0.05) is 91.0 Å². The highest BCUT2D eigenvalue weighted by atomic mass is 32.1. The molecular formula is C22H22N2S. The molecule has 0 unspecified atom stereocenters. The minimum absolute atomic E-state index is 0.138. The number of rotatable bonds is 6. The molecule has 25 heavy (non-hydrogen) atoms. The summed E-state index contributed by atoms with van der Waals surface area (Å²) in [5.74, 6) is 0. The summed E-state index contributed by atoms with van der Waals surface area (Å²) < 4.78 is 0. The van der Waals surface area contributed by atoms with Crippen LogP contribution in [0.2, 0.25) is 0 Å². The van der Waals surface area contributed by atoms with Crippen molar-refractivity contribution in [2.45, 2.75) is 19.0 Å². The standard InChI is InChI=1S/C22H22N2S/c25-22(23-17-19-12-6-2-7-13-19)24-21(20-14-8-3-9-15-20)16-18-10-4-1-5-11-18/h1-15,21H,16-17H2,(H2,23,24,25)/t21-/m1/s1. The molecule has 0 spiro atoms. The first-order valence-corrected chi connectivity index (χ1v) is 8.89. The van der Waals surface area contributed by atoms with Crippen LogP contribution in [0.3, 0.4) is 0 Å². The van der Waals surface area contributed by atoms with Gasteiger partial charge in [-0.25, -0.2) is 0 Å². The number of hydrogen-bond donors (Lipinski definition) is 2. The highest BCUT2D eigenvalue weighted by molar-refractivity contribution is 7.80. The summed E-state index contributed by atoms with van der Waals surface area (Å²) in [4.78, 5) is 0. The molecule has 3 rings (SSSR count). The predicted molar refractivity (Wildman–Crippen MR) is 108 cm³/mol. The quantitative estimate of drug-likeness (QED) is 0.636. The second-order valence-electron chi connectivity index (χ2n) is 5.97. The first-order chi connectivity index (χ1) is 12.3. The van der Waals surface area contributed by atoms with Gasteiger partial charge in [0.15, 0.2) is 5.11 Å². The zero-order chi connectivity index (χ0) is 17.3. The fraction of sp³-hybridized carbons (Fsp3) is 0.136. The van der Waals surface area contributed by atoms with Crippen molar-refractivity contribution in [3.63, 3.8) is 0 Å². The van der Waals surface area contributed by atoms with Gasteiger partial charge in [-0.3, -0.25) is 0 Å². The highest BCUT2D eigenvalue weighted by Crippen LogP contribution is 2.18. The second-order valence-corrected chi connectivity index (χ2v) is 6.37. The number of nitrogens with one attached hydrogen (secondary N) is 2. The molecule has 0 aliphatic carbocycles. The summed E-state index contributed by atoms with van der Waals surface area (Å²) in [7, 11) is 0. The van der Waals surface area contributed by atoms with Gasteiger partial charge in [0.05, 0.1) is 6.04 Å². The van der Waals surface area contributed by atoms with Gasteiger partial charge in [0.1, 0.15) is 0 Å². The van der Waals surface area contributed by atoms with Crippen molar-refractivity contribution in [3.05, 3.63) is 108 Å². The van der Waals surface area contributed by atoms with E-state index in [4.69, 9.17) is 12.2 Å². The normalized spacial score (nSPS) is 11.5. The Kier molecular flexibility index (Phi) is 6.18. The van der Waals surface area contributed by atoms with E-state index >= 15 is 0 Å². The van der Waals surface area contributed by atoms with E-state index in [2.05, 4.69) is 71.3 Å². The predicted octanol–water partition coefficient (Wildman–Crippen LogP) is 4.63. The minimum atomic E-state index is 0.138. The summed E-state index contributed by atoms with van der Waals surface area (Å²) in [6.45, 7) is 0.722. The Morgan fingerprint density at radius 3 is 1.84 bits per heavy atom. The molecule has 126 valence electrons. The molecule has 3 aromatic carbocycles. The van der Waals surface area contributed by atoms with Crippen LogP contribution in [0.25, 0.3) is 0 Å². The molecule has 0 amide bonds. The molecule has 2 N–H and O–H groups in total. The lowest BCUT2D eigenvalue weighted by Crippen LogP contribution is -2.38. The SMILES string of the molecule is S=C(NCc1ccccc1)N[C@H](Cc1ccccc1)c1ccccc1. The zero-order valence-corrected chi connectivity index (χ0v) is 14.9. The van der Waals surface area contributed by atoms with Crippen LogP contribution in [0.1, 0.15) is 22.7 Å². The molecule has 0 aliphatic heterocycles. The van der Waals surface area contributed by atoms with Gasteiger partial charge in [0, 0.05) is 6.54 Å². The molecule has 0 heterocycles. The molecule has 3 aromatic rings. The smallest absolute Gasteiger partial charge is 0.167 e. The van der Waals surface area contributed by atoms with E-state index in [-0.39, 0.29) is 6.04 Å². The molecular weight excluding hydrogens is 324 g/mol. The van der Waals surface area contributed by atoms with E-state index in [0.717, 1.165) is 13.0 Å². The average Bonchev–Trinajstić information content (AvgIpc) is 2.68. The van der Waals surface area contributed by atoms with Crippen molar-refractivity contribution in [1.29, 1.82) is 0 Å². The Balaban J connectivity index is 1.66. The van der Waals surface area contributed by atoms with Crippen LogP contribution in [0.15, 0.2) is 91.0 Å². The second kappa shape index (κ2) is 9.00. The summed E-state index contributed by atoms with van der Waals surface area (Å²) in [6.07, 6.45) is 0.887. The first-order valence-electron chi connectivity index (χ1n) is 8.48. The molecule has 0 radical (unpaired) electrons. The third-order valence-electron chi connectivity index (χ3n) is 4.09. The lowest BCUT2D eigenvalue weighted by Gasteiger charge is -2.22. The summed E-state index contributed by atoms with van der Waals surface area (Å²) in [5, 5.41) is 7.45. The maximum Gasteiger partial charge on any atom is 0.167 e. The van der Waals surface area contributed by atoms with Crippen molar-refractivity contribution in [2.75, 3.05) is 0 Å². The van der Waals surface area contributed by atoms with Gasteiger partial charge in [0.2, 0.25) is 0 Å². The van der Waals surface area contributed by atoms with E-state index in [1.165, 1.54) is 16.7 Å². The fourth-order valence-electron chi connectivity index (χ4n) is 2.77. The lowest BCUT2D eigenvalue weighted by atomic mass is 9.99. The van der Waals surface area contributed by atoms with Gasteiger partial charge in [0.25, 0.3) is 0 Å². The molecule has 0 fully saturated rings. The van der Waals surface area contributed by atoms with Crippen LogP contribution in [-0.4, -0.2) is 5.11 Å². The Hall–Kier alpha value is -2.65. The molecule has 0 saturated heterocycles. The molecule has 0 bridgehead atoms. The van der Waals surface area contributed by atoms with Gasteiger partial charge in [-0.15, -0.1) is 0 Å². The topological polar surface area (TPSA) is 24.1 Å². The van der Waals surface area contributed by atoms with E-state index < -0.39 is 0 Å². The third kappa shape index (κ3) is 5.44.